The monoisotopic (exact) mass is 345 g/mol. The molecule has 0 fully saturated rings. The minimum atomic E-state index is -0.270. The van der Waals surface area contributed by atoms with E-state index in [-0.39, 0.29) is 29.7 Å². The second-order valence-corrected chi connectivity index (χ2v) is 7.59. The number of carbonyl (C=O) groups excluding carboxylic acids is 3. The summed E-state index contributed by atoms with van der Waals surface area (Å²) in [5.74, 6) is -0.593. The number of hydrogen-bond donors (Lipinski definition) is 1. The van der Waals surface area contributed by atoms with Crippen molar-refractivity contribution in [1.29, 1.82) is 0 Å². The summed E-state index contributed by atoms with van der Waals surface area (Å²) >= 11 is 0. The normalized spacial score (nSPS) is 14.2. The summed E-state index contributed by atoms with van der Waals surface area (Å²) in [5, 5.41) is 2.94. The Hall–Kier alpha value is -2.21. The van der Waals surface area contributed by atoms with Gasteiger partial charge in [-0.1, -0.05) is 26.0 Å². The highest BCUT2D eigenvalue weighted by Gasteiger charge is 2.34. The van der Waals surface area contributed by atoms with E-state index in [2.05, 4.69) is 24.1 Å². The van der Waals surface area contributed by atoms with Crippen LogP contribution in [0.3, 0.4) is 0 Å². The fourth-order valence-electron chi connectivity index (χ4n) is 3.18. The molecule has 1 heterocycles. The lowest BCUT2D eigenvalue weighted by Gasteiger charge is -2.28. The predicted octanol–water partition coefficient (Wildman–Crippen LogP) is 1.77. The van der Waals surface area contributed by atoms with Gasteiger partial charge in [0.15, 0.2) is 0 Å². The fourth-order valence-corrected chi connectivity index (χ4v) is 3.18. The zero-order valence-electron chi connectivity index (χ0n) is 15.5. The molecule has 0 aromatic heterocycles. The van der Waals surface area contributed by atoms with Gasteiger partial charge in [-0.25, -0.2) is 0 Å². The zero-order valence-corrected chi connectivity index (χ0v) is 15.5. The SMILES string of the molecule is CN(C)CC(C)(C)CNC(=O)CCCN1C(=O)c2ccccc2C1=O. The van der Waals surface area contributed by atoms with Crippen LogP contribution >= 0.6 is 0 Å². The molecule has 25 heavy (non-hydrogen) atoms. The third-order valence-corrected chi connectivity index (χ3v) is 4.17. The quantitative estimate of drug-likeness (QED) is 0.729. The van der Waals surface area contributed by atoms with Crippen molar-refractivity contribution in [1.82, 2.24) is 15.1 Å². The van der Waals surface area contributed by atoms with Crippen LogP contribution in [0.25, 0.3) is 0 Å². The van der Waals surface area contributed by atoms with E-state index in [0.29, 0.717) is 30.5 Å². The maximum absolute atomic E-state index is 12.2. The van der Waals surface area contributed by atoms with Crippen LogP contribution in [0.15, 0.2) is 24.3 Å². The van der Waals surface area contributed by atoms with Crippen molar-refractivity contribution in [2.75, 3.05) is 33.7 Å². The Balaban J connectivity index is 1.77. The molecule has 6 heteroatoms. The molecule has 0 spiro atoms. The highest BCUT2D eigenvalue weighted by molar-refractivity contribution is 6.21. The first-order valence-corrected chi connectivity index (χ1v) is 8.58. The molecule has 0 saturated heterocycles. The van der Waals surface area contributed by atoms with Gasteiger partial charge in [0.05, 0.1) is 11.1 Å². The molecule has 1 aliphatic rings. The molecule has 0 aliphatic carbocycles. The molecule has 3 amide bonds. The van der Waals surface area contributed by atoms with Gasteiger partial charge in [-0.15, -0.1) is 0 Å². The highest BCUT2D eigenvalue weighted by atomic mass is 16.2. The minimum absolute atomic E-state index is 0.0122. The highest BCUT2D eigenvalue weighted by Crippen LogP contribution is 2.22. The van der Waals surface area contributed by atoms with Crippen molar-refractivity contribution in [3.8, 4) is 0 Å². The lowest BCUT2D eigenvalue weighted by Crippen LogP contribution is -2.40. The maximum Gasteiger partial charge on any atom is 0.261 e. The van der Waals surface area contributed by atoms with Crippen LogP contribution in [0, 0.1) is 5.41 Å². The summed E-state index contributed by atoms with van der Waals surface area (Å²) in [6, 6.07) is 6.82. The topological polar surface area (TPSA) is 69.7 Å². The first-order valence-electron chi connectivity index (χ1n) is 8.58. The Labute approximate surface area is 149 Å². The van der Waals surface area contributed by atoms with Crippen molar-refractivity contribution < 1.29 is 14.4 Å². The first kappa shape index (κ1) is 19.1. The first-order chi connectivity index (χ1) is 11.7. The summed E-state index contributed by atoms with van der Waals surface area (Å²) in [6.07, 6.45) is 0.761. The predicted molar refractivity (Wildman–Crippen MR) is 96.4 cm³/mol. The number of benzene rings is 1. The number of fused-ring (bicyclic) bond motifs is 1. The third-order valence-electron chi connectivity index (χ3n) is 4.17. The number of hydrogen-bond acceptors (Lipinski definition) is 4. The van der Waals surface area contributed by atoms with E-state index in [1.165, 1.54) is 4.90 Å². The van der Waals surface area contributed by atoms with Crippen LogP contribution in [0.4, 0.5) is 0 Å². The van der Waals surface area contributed by atoms with E-state index in [9.17, 15) is 14.4 Å². The molecule has 1 N–H and O–H groups in total. The molecular formula is C19H27N3O3. The van der Waals surface area contributed by atoms with E-state index in [0.717, 1.165) is 6.54 Å². The van der Waals surface area contributed by atoms with Crippen LogP contribution < -0.4 is 5.32 Å². The Kier molecular flexibility index (Phi) is 5.95. The Morgan fingerprint density at radius 3 is 2.20 bits per heavy atom. The number of amides is 3. The standard InChI is InChI=1S/C19H27N3O3/c1-19(2,13-21(3)4)12-20-16(23)10-7-11-22-17(24)14-8-5-6-9-15(14)18(22)25/h5-6,8-9H,7,10-13H2,1-4H3,(H,20,23). The lowest BCUT2D eigenvalue weighted by molar-refractivity contribution is -0.121. The van der Waals surface area contributed by atoms with E-state index < -0.39 is 0 Å². The smallest absolute Gasteiger partial charge is 0.261 e. The van der Waals surface area contributed by atoms with Crippen molar-refractivity contribution in [2.24, 2.45) is 5.41 Å². The molecule has 6 nitrogen and oxygen atoms in total. The average molecular weight is 345 g/mol. The van der Waals surface area contributed by atoms with Gasteiger partial charge < -0.3 is 10.2 Å². The summed E-state index contributed by atoms with van der Waals surface area (Å²) < 4.78 is 0. The Morgan fingerprint density at radius 1 is 1.12 bits per heavy atom. The van der Waals surface area contributed by atoms with E-state index in [4.69, 9.17) is 0 Å². The number of imide groups is 1. The number of carbonyl (C=O) groups is 3. The van der Waals surface area contributed by atoms with Crippen molar-refractivity contribution in [3.05, 3.63) is 35.4 Å². The van der Waals surface area contributed by atoms with Crippen LogP contribution in [0.2, 0.25) is 0 Å². The van der Waals surface area contributed by atoms with Crippen LogP contribution in [0.1, 0.15) is 47.4 Å². The molecule has 1 aromatic carbocycles. The zero-order chi connectivity index (χ0) is 18.6. The van der Waals surface area contributed by atoms with Gasteiger partial charge in [0.2, 0.25) is 5.91 Å². The molecule has 2 rings (SSSR count). The van der Waals surface area contributed by atoms with Crippen molar-refractivity contribution >= 4 is 17.7 Å². The molecule has 0 atom stereocenters. The molecule has 0 radical (unpaired) electrons. The molecular weight excluding hydrogens is 318 g/mol. The molecule has 0 bridgehead atoms. The van der Waals surface area contributed by atoms with Gasteiger partial charge in [-0.05, 0) is 38.1 Å². The van der Waals surface area contributed by atoms with Gasteiger partial charge in [-0.2, -0.15) is 0 Å². The molecule has 1 aliphatic heterocycles. The molecule has 0 unspecified atom stereocenters. The van der Waals surface area contributed by atoms with Gasteiger partial charge >= 0.3 is 0 Å². The Morgan fingerprint density at radius 2 is 1.68 bits per heavy atom. The average Bonchev–Trinajstić information content (AvgIpc) is 2.77. The van der Waals surface area contributed by atoms with Crippen molar-refractivity contribution in [3.63, 3.8) is 0 Å². The molecule has 136 valence electrons. The van der Waals surface area contributed by atoms with Gasteiger partial charge in [0.25, 0.3) is 11.8 Å². The van der Waals surface area contributed by atoms with Crippen LogP contribution in [0.5, 0.6) is 0 Å². The number of nitrogens with zero attached hydrogens (tertiary/aromatic N) is 2. The van der Waals surface area contributed by atoms with Crippen LogP contribution in [-0.2, 0) is 4.79 Å². The summed E-state index contributed by atoms with van der Waals surface area (Å²) in [7, 11) is 4.01. The summed E-state index contributed by atoms with van der Waals surface area (Å²) in [4.78, 5) is 39.8. The second-order valence-electron chi connectivity index (χ2n) is 7.59. The van der Waals surface area contributed by atoms with E-state index in [1.54, 1.807) is 24.3 Å². The van der Waals surface area contributed by atoms with Gasteiger partial charge in [0.1, 0.15) is 0 Å². The summed E-state index contributed by atoms with van der Waals surface area (Å²) in [6.45, 7) is 5.94. The van der Waals surface area contributed by atoms with E-state index >= 15 is 0 Å². The molecule has 1 aromatic rings. The van der Waals surface area contributed by atoms with Crippen molar-refractivity contribution in [2.45, 2.75) is 26.7 Å². The Bertz CT molecular complexity index is 633. The van der Waals surface area contributed by atoms with E-state index in [1.807, 2.05) is 14.1 Å². The van der Waals surface area contributed by atoms with Gasteiger partial charge in [0, 0.05) is 26.1 Å². The maximum atomic E-state index is 12.2. The van der Waals surface area contributed by atoms with Gasteiger partial charge in [-0.3, -0.25) is 19.3 Å². The molecule has 0 saturated carbocycles. The van der Waals surface area contributed by atoms with Crippen LogP contribution in [-0.4, -0.2) is 61.3 Å². The number of nitrogens with one attached hydrogen (secondary N) is 1. The summed E-state index contributed by atoms with van der Waals surface area (Å²) in [5.41, 5.74) is 0.881. The minimum Gasteiger partial charge on any atom is -0.356 e. The third kappa shape index (κ3) is 4.89. The largest absolute Gasteiger partial charge is 0.356 e. The fraction of sp³-hybridized carbons (Fsp3) is 0.526. The lowest BCUT2D eigenvalue weighted by atomic mass is 9.93. The second kappa shape index (κ2) is 7.78. The number of rotatable bonds is 8.